The second-order valence-electron chi connectivity index (χ2n) is 6.60. The highest BCUT2D eigenvalue weighted by Crippen LogP contribution is 2.25. The zero-order chi connectivity index (χ0) is 18.4. The molecule has 1 aliphatic carbocycles. The predicted octanol–water partition coefficient (Wildman–Crippen LogP) is 5.41. The lowest BCUT2D eigenvalue weighted by Crippen LogP contribution is -2.26. The van der Waals surface area contributed by atoms with Crippen molar-refractivity contribution in [2.45, 2.75) is 39.0 Å². The minimum absolute atomic E-state index is 0.114. The first-order valence-corrected chi connectivity index (χ1v) is 9.45. The lowest BCUT2D eigenvalue weighted by Gasteiger charge is -2.15. The summed E-state index contributed by atoms with van der Waals surface area (Å²) in [5, 5.41) is 6.89. The van der Waals surface area contributed by atoms with Crippen molar-refractivity contribution in [2.24, 2.45) is 0 Å². The molecule has 1 amide bonds. The summed E-state index contributed by atoms with van der Waals surface area (Å²) in [5.74, 6) is 0.420. The first-order chi connectivity index (χ1) is 12.6. The monoisotopic (exact) mass is 369 g/mol. The van der Waals surface area contributed by atoms with Gasteiger partial charge in [-0.15, -0.1) is 0 Å². The van der Waals surface area contributed by atoms with Crippen LogP contribution in [0.25, 0.3) is 0 Å². The Bertz CT molecular complexity index is 817. The fourth-order valence-corrected chi connectivity index (χ4v) is 3.28. The number of nitrogens with zero attached hydrogens (tertiary/aromatic N) is 1. The number of carbonyl (C=O) groups is 1. The van der Waals surface area contributed by atoms with Gasteiger partial charge in [0.1, 0.15) is 5.82 Å². The van der Waals surface area contributed by atoms with E-state index in [-0.39, 0.29) is 5.91 Å². The largest absolute Gasteiger partial charge is 0.352 e. The maximum absolute atomic E-state index is 12.6. The smallest absolute Gasteiger partial charge is 0.255 e. The molecule has 0 fully saturated rings. The van der Waals surface area contributed by atoms with Crippen LogP contribution >= 0.6 is 11.6 Å². The van der Waals surface area contributed by atoms with Gasteiger partial charge in [-0.1, -0.05) is 29.3 Å². The van der Waals surface area contributed by atoms with E-state index < -0.39 is 0 Å². The molecule has 0 radical (unpaired) electrons. The van der Waals surface area contributed by atoms with Crippen LogP contribution in [0.5, 0.6) is 0 Å². The molecule has 0 saturated carbocycles. The van der Waals surface area contributed by atoms with E-state index in [4.69, 9.17) is 11.6 Å². The summed E-state index contributed by atoms with van der Waals surface area (Å²) in [4.78, 5) is 16.9. The van der Waals surface area contributed by atoms with Crippen molar-refractivity contribution < 1.29 is 4.79 Å². The first kappa shape index (κ1) is 18.5. The molecule has 0 unspecified atom stereocenters. The van der Waals surface area contributed by atoms with E-state index in [1.807, 2.05) is 25.1 Å². The summed E-state index contributed by atoms with van der Waals surface area (Å²) in [5.41, 5.74) is 3.87. The van der Waals surface area contributed by atoms with Crippen molar-refractivity contribution >= 4 is 29.0 Å². The SMILES string of the molecule is Cc1ccc(Cl)cc1Nc1ncccc1C(=O)NCCC1=CCCCC1. The molecule has 2 N–H and O–H groups in total. The Labute approximate surface area is 159 Å². The van der Waals surface area contributed by atoms with Gasteiger partial charge in [0.25, 0.3) is 5.91 Å². The van der Waals surface area contributed by atoms with Crippen molar-refractivity contribution in [1.82, 2.24) is 10.3 Å². The Balaban J connectivity index is 1.67. The van der Waals surface area contributed by atoms with Gasteiger partial charge in [0, 0.05) is 23.5 Å². The van der Waals surface area contributed by atoms with Crippen LogP contribution in [-0.2, 0) is 0 Å². The van der Waals surface area contributed by atoms with Gasteiger partial charge in [-0.05, 0) is 68.9 Å². The van der Waals surface area contributed by atoms with E-state index in [2.05, 4.69) is 21.7 Å². The molecule has 3 rings (SSSR count). The molecular formula is C21H24ClN3O. The molecule has 1 heterocycles. The molecule has 0 bridgehead atoms. The summed E-state index contributed by atoms with van der Waals surface area (Å²) < 4.78 is 0. The quantitative estimate of drug-likeness (QED) is 0.669. The van der Waals surface area contributed by atoms with Crippen molar-refractivity contribution in [3.63, 3.8) is 0 Å². The number of nitrogens with one attached hydrogen (secondary N) is 2. The van der Waals surface area contributed by atoms with Gasteiger partial charge in [0.05, 0.1) is 5.56 Å². The standard InChI is InChI=1S/C21H24ClN3O/c1-15-9-10-17(22)14-19(15)25-20-18(8-5-12-23-20)21(26)24-13-11-16-6-3-2-4-7-16/h5-6,8-10,12,14H,2-4,7,11,13H2,1H3,(H,23,25)(H,24,26). The molecule has 1 aromatic carbocycles. The van der Waals surface area contributed by atoms with Gasteiger partial charge >= 0.3 is 0 Å². The summed E-state index contributed by atoms with van der Waals surface area (Å²) in [6.07, 6.45) is 9.77. The van der Waals surface area contributed by atoms with Crippen LogP contribution in [-0.4, -0.2) is 17.4 Å². The summed E-state index contributed by atoms with van der Waals surface area (Å²) in [6.45, 7) is 2.63. The van der Waals surface area contributed by atoms with Crippen LogP contribution in [0, 0.1) is 6.92 Å². The number of rotatable bonds is 6. The Morgan fingerprint density at radius 2 is 2.15 bits per heavy atom. The Morgan fingerprint density at radius 1 is 1.27 bits per heavy atom. The maximum Gasteiger partial charge on any atom is 0.255 e. The number of halogens is 1. The Morgan fingerprint density at radius 3 is 2.96 bits per heavy atom. The number of aryl methyl sites for hydroxylation is 1. The maximum atomic E-state index is 12.6. The zero-order valence-corrected chi connectivity index (χ0v) is 15.8. The van der Waals surface area contributed by atoms with E-state index >= 15 is 0 Å². The number of allylic oxidation sites excluding steroid dienone is 1. The van der Waals surface area contributed by atoms with Crippen molar-refractivity contribution in [2.75, 3.05) is 11.9 Å². The number of carbonyl (C=O) groups excluding carboxylic acids is 1. The molecule has 1 aromatic heterocycles. The fraction of sp³-hybridized carbons (Fsp3) is 0.333. The third-order valence-electron chi connectivity index (χ3n) is 4.62. The molecule has 0 spiro atoms. The predicted molar refractivity (Wildman–Crippen MR) is 107 cm³/mol. The van der Waals surface area contributed by atoms with Crippen LogP contribution in [0.4, 0.5) is 11.5 Å². The number of anilines is 2. The van der Waals surface area contributed by atoms with Gasteiger partial charge in [0.2, 0.25) is 0 Å². The second kappa shape index (κ2) is 8.86. The third-order valence-corrected chi connectivity index (χ3v) is 4.86. The second-order valence-corrected chi connectivity index (χ2v) is 7.03. The molecule has 5 heteroatoms. The van der Waals surface area contributed by atoms with E-state index in [1.54, 1.807) is 18.3 Å². The number of benzene rings is 1. The van der Waals surface area contributed by atoms with Crippen molar-refractivity contribution in [1.29, 1.82) is 0 Å². The minimum Gasteiger partial charge on any atom is -0.352 e. The van der Waals surface area contributed by atoms with Crippen LogP contribution in [0.2, 0.25) is 5.02 Å². The van der Waals surface area contributed by atoms with E-state index in [0.29, 0.717) is 22.9 Å². The van der Waals surface area contributed by atoms with Gasteiger partial charge in [-0.2, -0.15) is 0 Å². The molecule has 26 heavy (non-hydrogen) atoms. The molecule has 4 nitrogen and oxygen atoms in total. The number of pyridine rings is 1. The Kier molecular flexibility index (Phi) is 6.29. The van der Waals surface area contributed by atoms with Crippen molar-refractivity contribution in [3.8, 4) is 0 Å². The van der Waals surface area contributed by atoms with Crippen molar-refractivity contribution in [3.05, 3.63) is 64.3 Å². The molecule has 0 saturated heterocycles. The molecule has 0 atom stereocenters. The molecule has 2 aromatic rings. The lowest BCUT2D eigenvalue weighted by molar-refractivity contribution is 0.0954. The number of amides is 1. The topological polar surface area (TPSA) is 54.0 Å². The lowest BCUT2D eigenvalue weighted by atomic mass is 9.97. The van der Waals surface area contributed by atoms with E-state index in [0.717, 1.165) is 24.1 Å². The molecule has 1 aliphatic rings. The Hall–Kier alpha value is -2.33. The highest BCUT2D eigenvalue weighted by atomic mass is 35.5. The average Bonchev–Trinajstić information content (AvgIpc) is 2.66. The van der Waals surface area contributed by atoms with Crippen LogP contribution in [0.15, 0.2) is 48.2 Å². The molecule has 0 aliphatic heterocycles. The highest BCUT2D eigenvalue weighted by molar-refractivity contribution is 6.30. The minimum atomic E-state index is -0.114. The van der Waals surface area contributed by atoms with Gasteiger partial charge in [-0.25, -0.2) is 4.98 Å². The first-order valence-electron chi connectivity index (χ1n) is 9.08. The van der Waals surface area contributed by atoms with Gasteiger partial charge in [0.15, 0.2) is 0 Å². The zero-order valence-electron chi connectivity index (χ0n) is 15.0. The number of hydrogen-bond acceptors (Lipinski definition) is 3. The summed E-state index contributed by atoms with van der Waals surface area (Å²) in [7, 11) is 0. The third kappa shape index (κ3) is 4.85. The highest BCUT2D eigenvalue weighted by Gasteiger charge is 2.13. The average molecular weight is 370 g/mol. The van der Waals surface area contributed by atoms with E-state index in [1.165, 1.54) is 24.8 Å². The fourth-order valence-electron chi connectivity index (χ4n) is 3.11. The van der Waals surface area contributed by atoms with Gasteiger partial charge in [-0.3, -0.25) is 4.79 Å². The molecular weight excluding hydrogens is 346 g/mol. The molecule has 136 valence electrons. The van der Waals surface area contributed by atoms with E-state index in [9.17, 15) is 4.79 Å². The van der Waals surface area contributed by atoms with Crippen LogP contribution in [0.3, 0.4) is 0 Å². The number of aromatic nitrogens is 1. The number of hydrogen-bond donors (Lipinski definition) is 2. The summed E-state index contributed by atoms with van der Waals surface area (Å²) >= 11 is 6.08. The van der Waals surface area contributed by atoms with Crippen LogP contribution < -0.4 is 10.6 Å². The summed E-state index contributed by atoms with van der Waals surface area (Å²) in [6, 6.07) is 9.17. The normalized spacial score (nSPS) is 13.8. The van der Waals surface area contributed by atoms with Gasteiger partial charge < -0.3 is 10.6 Å². The van der Waals surface area contributed by atoms with Crippen LogP contribution in [0.1, 0.15) is 48.0 Å².